The number of hydrogen-bond acceptors (Lipinski definition) is 10. The fourth-order valence-corrected chi connectivity index (χ4v) is 7.51. The molecule has 300 valence electrons. The number of nitrogens with one attached hydrogen (secondary N) is 3. The second-order valence-corrected chi connectivity index (χ2v) is 15.3. The van der Waals surface area contributed by atoms with Gasteiger partial charge in [0.1, 0.15) is 11.4 Å². The molecule has 57 heavy (non-hydrogen) atoms. The Bertz CT molecular complexity index is 2130. The first-order valence-electron chi connectivity index (χ1n) is 19.1. The first-order valence-corrected chi connectivity index (χ1v) is 20.0. The van der Waals surface area contributed by atoms with Crippen LogP contribution >= 0.6 is 11.3 Å². The minimum absolute atomic E-state index is 0.0461. The van der Waals surface area contributed by atoms with Crippen LogP contribution in [0.5, 0.6) is 5.75 Å². The summed E-state index contributed by atoms with van der Waals surface area (Å²) in [6.07, 6.45) is 7.09. The molecule has 3 aromatic carbocycles. The van der Waals surface area contributed by atoms with Gasteiger partial charge in [-0.3, -0.25) is 24.0 Å². The fourth-order valence-electron chi connectivity index (χ4n) is 6.69. The molecule has 8 N–H and O–H groups in total. The molecule has 5 rings (SSSR count). The van der Waals surface area contributed by atoms with E-state index >= 15 is 0 Å². The Morgan fingerprint density at radius 1 is 0.930 bits per heavy atom. The topological polar surface area (TPSA) is 210 Å². The Balaban J connectivity index is 0.976. The van der Waals surface area contributed by atoms with Crippen molar-refractivity contribution in [3.63, 3.8) is 0 Å². The number of fused-ring (bicyclic) bond motifs is 1. The molecule has 0 unspecified atom stereocenters. The van der Waals surface area contributed by atoms with E-state index in [1.54, 1.807) is 37.6 Å². The summed E-state index contributed by atoms with van der Waals surface area (Å²) in [5.74, 6) is -2.27. The van der Waals surface area contributed by atoms with Crippen LogP contribution < -0.4 is 27.4 Å². The van der Waals surface area contributed by atoms with Crippen molar-refractivity contribution < 1.29 is 29.1 Å². The number of aryl methyl sites for hydroxylation is 2. The van der Waals surface area contributed by atoms with E-state index in [-0.39, 0.29) is 52.9 Å². The van der Waals surface area contributed by atoms with E-state index in [0.29, 0.717) is 31.5 Å². The highest BCUT2D eigenvalue weighted by Crippen LogP contribution is 2.32. The molecule has 0 bridgehead atoms. The molecule has 4 amide bonds. The Morgan fingerprint density at radius 2 is 1.61 bits per heavy atom. The Labute approximate surface area is 336 Å². The van der Waals surface area contributed by atoms with E-state index < -0.39 is 17.6 Å². The number of aromatic nitrogens is 1. The first-order chi connectivity index (χ1) is 27.3. The first kappa shape index (κ1) is 42.3. The van der Waals surface area contributed by atoms with Gasteiger partial charge in [0.05, 0.1) is 27.7 Å². The molecule has 1 aliphatic carbocycles. The predicted octanol–water partition coefficient (Wildman–Crippen LogP) is 5.24. The smallest absolute Gasteiger partial charge is 0.267 e. The summed E-state index contributed by atoms with van der Waals surface area (Å²) in [5.41, 5.74) is 19.3. The predicted molar refractivity (Wildman–Crippen MR) is 221 cm³/mol. The minimum Gasteiger partial charge on any atom is -0.507 e. The quantitative estimate of drug-likeness (QED) is 0.0441. The molecule has 1 aromatic heterocycles. The van der Waals surface area contributed by atoms with Crippen LogP contribution in [-0.4, -0.2) is 71.6 Å². The van der Waals surface area contributed by atoms with Crippen molar-refractivity contribution in [3.8, 4) is 16.2 Å². The summed E-state index contributed by atoms with van der Waals surface area (Å²) in [6, 6.07) is 16.6. The standard InChI is InChI=1S/C43H51N7O6S/c1-26-40(57-25-48-26)29-12-10-28(11-13-29)34(44)24-39(53)46-19-7-5-4-6-8-20-47-41(54)31-14-9-27-16-18-36(33(27)21-31)49-42(55)35(45)23-37(51)30-15-17-32(38(52)22-30)43(56)50(2)3/h9-15,17,21-23,25,34,36,52H,4-8,16,18-20,24,44-45H2,1-3H3,(H,46,53)(H,47,54)(H,49,55)/t34-,36+/m0/s1. The third-order valence-electron chi connectivity index (χ3n) is 9.97. The molecule has 0 saturated heterocycles. The molecule has 1 heterocycles. The highest BCUT2D eigenvalue weighted by molar-refractivity contribution is 7.13. The maximum atomic E-state index is 13.0. The van der Waals surface area contributed by atoms with Gasteiger partial charge in [0.25, 0.3) is 17.7 Å². The molecule has 0 radical (unpaired) electrons. The molecule has 13 nitrogen and oxygen atoms in total. The Kier molecular flexibility index (Phi) is 14.7. The second kappa shape index (κ2) is 19.8. The fraction of sp³-hybridized carbons (Fsp3) is 0.349. The van der Waals surface area contributed by atoms with Crippen LogP contribution in [0.2, 0.25) is 0 Å². The van der Waals surface area contributed by atoms with Gasteiger partial charge in [0, 0.05) is 56.9 Å². The third-order valence-corrected chi connectivity index (χ3v) is 10.9. The van der Waals surface area contributed by atoms with Crippen molar-refractivity contribution in [3.05, 3.63) is 117 Å². The number of aromatic hydroxyl groups is 1. The lowest BCUT2D eigenvalue weighted by Crippen LogP contribution is -2.32. The van der Waals surface area contributed by atoms with Gasteiger partial charge in [-0.25, -0.2) is 4.98 Å². The Hall–Kier alpha value is -5.86. The number of phenols is 1. The van der Waals surface area contributed by atoms with E-state index in [1.807, 2.05) is 42.8 Å². The van der Waals surface area contributed by atoms with Gasteiger partial charge >= 0.3 is 0 Å². The molecule has 0 saturated carbocycles. The van der Waals surface area contributed by atoms with Crippen molar-refractivity contribution in [2.75, 3.05) is 27.2 Å². The number of carbonyl (C=O) groups excluding carboxylic acids is 5. The highest BCUT2D eigenvalue weighted by atomic mass is 32.1. The number of benzene rings is 3. The average molecular weight is 794 g/mol. The molecule has 0 fully saturated rings. The number of nitrogens with zero attached hydrogens (tertiary/aromatic N) is 2. The van der Waals surface area contributed by atoms with Gasteiger partial charge in [0.15, 0.2) is 5.78 Å². The van der Waals surface area contributed by atoms with E-state index in [1.165, 1.54) is 17.0 Å². The van der Waals surface area contributed by atoms with Crippen LogP contribution in [0.15, 0.2) is 77.9 Å². The monoisotopic (exact) mass is 793 g/mol. The van der Waals surface area contributed by atoms with Crippen molar-refractivity contribution in [1.29, 1.82) is 0 Å². The SMILES string of the molecule is Cc1ncsc1-c1ccc([C@@H](N)CC(=O)NCCCCCCCNC(=O)c2ccc3c(c2)[C@H](NC(=O)C(N)=CC(=O)c2ccc(C(=O)N(C)C)c(O)c2)CC3)cc1. The zero-order chi connectivity index (χ0) is 41.1. The van der Waals surface area contributed by atoms with E-state index in [2.05, 4.69) is 20.9 Å². The average Bonchev–Trinajstić information content (AvgIpc) is 3.81. The number of nitrogens with two attached hydrogens (primary N) is 2. The molecule has 14 heteroatoms. The highest BCUT2D eigenvalue weighted by Gasteiger charge is 2.26. The molecule has 0 spiro atoms. The lowest BCUT2D eigenvalue weighted by molar-refractivity contribution is -0.121. The molecular weight excluding hydrogens is 743 g/mol. The van der Waals surface area contributed by atoms with Gasteiger partial charge in [0.2, 0.25) is 5.91 Å². The van der Waals surface area contributed by atoms with Gasteiger partial charge in [-0.05, 0) is 85.2 Å². The van der Waals surface area contributed by atoms with Crippen molar-refractivity contribution >= 4 is 40.7 Å². The zero-order valence-electron chi connectivity index (χ0n) is 32.6. The van der Waals surface area contributed by atoms with Crippen molar-refractivity contribution in [2.45, 2.75) is 70.4 Å². The summed E-state index contributed by atoms with van der Waals surface area (Å²) in [4.78, 5) is 70.1. The van der Waals surface area contributed by atoms with Gasteiger partial charge in [-0.1, -0.05) is 49.6 Å². The van der Waals surface area contributed by atoms with Crippen LogP contribution in [0.25, 0.3) is 10.4 Å². The van der Waals surface area contributed by atoms with Crippen LogP contribution in [0.3, 0.4) is 0 Å². The molecular formula is C43H51N7O6S. The van der Waals surface area contributed by atoms with Crippen molar-refractivity contribution in [2.24, 2.45) is 11.5 Å². The maximum absolute atomic E-state index is 13.0. The summed E-state index contributed by atoms with van der Waals surface area (Å²) >= 11 is 1.60. The number of ketones is 1. The molecule has 4 aromatic rings. The zero-order valence-corrected chi connectivity index (χ0v) is 33.4. The van der Waals surface area contributed by atoms with Crippen LogP contribution in [0.1, 0.15) is 110 Å². The summed E-state index contributed by atoms with van der Waals surface area (Å²) < 4.78 is 0. The summed E-state index contributed by atoms with van der Waals surface area (Å²) in [5, 5.41) is 19.1. The number of unbranched alkanes of at least 4 members (excludes halogenated alkanes) is 4. The maximum Gasteiger partial charge on any atom is 0.267 e. The van der Waals surface area contributed by atoms with Gasteiger partial charge in [-0.2, -0.15) is 0 Å². The summed E-state index contributed by atoms with van der Waals surface area (Å²) in [6.45, 7) is 3.10. The van der Waals surface area contributed by atoms with E-state index in [9.17, 15) is 29.1 Å². The lowest BCUT2D eigenvalue weighted by Gasteiger charge is -2.15. The largest absolute Gasteiger partial charge is 0.507 e. The molecule has 1 aliphatic rings. The third kappa shape index (κ3) is 11.4. The normalized spacial score (nSPS) is 14.0. The number of amides is 4. The van der Waals surface area contributed by atoms with Crippen LogP contribution in [0.4, 0.5) is 0 Å². The number of carbonyl (C=O) groups is 5. The summed E-state index contributed by atoms with van der Waals surface area (Å²) in [7, 11) is 3.09. The second-order valence-electron chi connectivity index (χ2n) is 14.4. The Morgan fingerprint density at radius 3 is 2.28 bits per heavy atom. The number of hydrogen-bond donors (Lipinski definition) is 6. The number of rotatable bonds is 18. The number of phenolic OH excluding ortho intramolecular Hbond substituents is 1. The molecule has 2 atom stereocenters. The number of thiazole rings is 1. The lowest BCUT2D eigenvalue weighted by atomic mass is 10.0. The van der Waals surface area contributed by atoms with Gasteiger partial charge < -0.3 is 37.4 Å². The molecule has 0 aliphatic heterocycles. The van der Waals surface area contributed by atoms with Gasteiger partial charge in [-0.15, -0.1) is 11.3 Å². The van der Waals surface area contributed by atoms with E-state index in [4.69, 9.17) is 11.5 Å². The minimum atomic E-state index is -0.633. The number of allylic oxidation sites excluding steroid dienone is 1. The van der Waals surface area contributed by atoms with Crippen molar-refractivity contribution in [1.82, 2.24) is 25.8 Å². The van der Waals surface area contributed by atoms with E-state index in [0.717, 1.165) is 77.1 Å². The van der Waals surface area contributed by atoms with Crippen LogP contribution in [0, 0.1) is 6.92 Å². The van der Waals surface area contributed by atoms with Crippen LogP contribution in [-0.2, 0) is 16.0 Å².